The first-order valence-electron chi connectivity index (χ1n) is 6.96. The molecule has 0 fully saturated rings. The van der Waals surface area contributed by atoms with Gasteiger partial charge in [-0.15, -0.1) is 21.5 Å². The van der Waals surface area contributed by atoms with E-state index >= 15 is 0 Å². The van der Waals surface area contributed by atoms with Crippen molar-refractivity contribution in [2.45, 2.75) is 50.2 Å². The van der Waals surface area contributed by atoms with Crippen LogP contribution in [0.2, 0.25) is 0 Å². The monoisotopic (exact) mass is 345 g/mol. The molecule has 5 nitrogen and oxygen atoms in total. The van der Waals surface area contributed by atoms with Gasteiger partial charge in [-0.05, 0) is 42.7 Å². The van der Waals surface area contributed by atoms with Gasteiger partial charge in [-0.1, -0.05) is 6.92 Å². The summed E-state index contributed by atoms with van der Waals surface area (Å²) in [6, 6.07) is 2.11. The Morgan fingerprint density at radius 2 is 2.29 bits per heavy atom. The Bertz CT molecular complexity index is 751. The summed E-state index contributed by atoms with van der Waals surface area (Å²) in [6.45, 7) is 2.55. The minimum atomic E-state index is -3.87. The number of hydrogen-bond acceptors (Lipinski definition) is 5. The molecule has 0 amide bonds. The molecular weight excluding hydrogens is 330 g/mol. The number of fused-ring (bicyclic) bond motifs is 1. The van der Waals surface area contributed by atoms with Gasteiger partial charge in [0.15, 0.2) is 0 Å². The molecule has 114 valence electrons. The van der Waals surface area contributed by atoms with Crippen molar-refractivity contribution in [3.8, 4) is 0 Å². The van der Waals surface area contributed by atoms with Crippen LogP contribution in [0, 0.1) is 0 Å². The molecule has 0 saturated heterocycles. The van der Waals surface area contributed by atoms with Gasteiger partial charge in [-0.3, -0.25) is 0 Å². The zero-order chi connectivity index (χ0) is 15.0. The first-order valence-corrected chi connectivity index (χ1v) is 10.1. The second-order valence-corrected chi connectivity index (χ2v) is 8.63. The highest BCUT2D eigenvalue weighted by Crippen LogP contribution is 2.39. The molecule has 0 N–H and O–H groups in total. The average molecular weight is 346 g/mol. The summed E-state index contributed by atoms with van der Waals surface area (Å²) in [4.78, 5) is 1.37. The Morgan fingerprint density at radius 1 is 1.48 bits per heavy atom. The van der Waals surface area contributed by atoms with E-state index in [0.717, 1.165) is 31.5 Å². The average Bonchev–Trinajstić information content (AvgIpc) is 3.03. The summed E-state index contributed by atoms with van der Waals surface area (Å²) >= 11 is 1.75. The molecule has 1 unspecified atom stereocenters. The molecule has 2 heterocycles. The van der Waals surface area contributed by atoms with Crippen LogP contribution in [0.1, 0.15) is 48.4 Å². The van der Waals surface area contributed by atoms with Crippen molar-refractivity contribution in [2.75, 3.05) is 0 Å². The van der Waals surface area contributed by atoms with Crippen LogP contribution in [0.25, 0.3) is 0 Å². The van der Waals surface area contributed by atoms with Crippen LogP contribution in [0.15, 0.2) is 16.6 Å². The van der Waals surface area contributed by atoms with Gasteiger partial charge in [0.25, 0.3) is 14.2 Å². The van der Waals surface area contributed by atoms with Crippen molar-refractivity contribution >= 4 is 31.1 Å². The van der Waals surface area contributed by atoms with Crippen LogP contribution >= 0.6 is 22.0 Å². The maximum absolute atomic E-state index is 11.7. The fourth-order valence-corrected chi connectivity index (χ4v) is 4.84. The Hall–Kier alpha value is -0.920. The van der Waals surface area contributed by atoms with Crippen LogP contribution in [-0.4, -0.2) is 23.2 Å². The quantitative estimate of drug-likeness (QED) is 0.798. The molecular formula is C13H16ClN3O2S2. The first-order chi connectivity index (χ1) is 10.0. The maximum Gasteiger partial charge on any atom is 0.296 e. The molecule has 1 atom stereocenters. The molecule has 1 aliphatic carbocycles. The van der Waals surface area contributed by atoms with Crippen LogP contribution in [0.4, 0.5) is 0 Å². The van der Waals surface area contributed by atoms with E-state index in [0.29, 0.717) is 6.54 Å². The SMILES string of the molecule is CCCn1c(C2CCCc3sccc32)nnc1S(=O)(=O)Cl. The molecule has 3 rings (SSSR count). The fraction of sp³-hybridized carbons (Fsp3) is 0.538. The van der Waals surface area contributed by atoms with Crippen molar-refractivity contribution in [1.29, 1.82) is 0 Å². The third-order valence-corrected chi connectivity index (χ3v) is 5.92. The molecule has 2 aromatic heterocycles. The maximum atomic E-state index is 11.7. The first kappa shape index (κ1) is 15.0. The van der Waals surface area contributed by atoms with Crippen LogP contribution in [0.5, 0.6) is 0 Å². The van der Waals surface area contributed by atoms with Gasteiger partial charge in [0.1, 0.15) is 5.82 Å². The highest BCUT2D eigenvalue weighted by Gasteiger charge is 2.30. The predicted octanol–water partition coefficient (Wildman–Crippen LogP) is 3.15. The zero-order valence-electron chi connectivity index (χ0n) is 11.6. The number of hydrogen-bond donors (Lipinski definition) is 0. The van der Waals surface area contributed by atoms with Gasteiger partial charge in [-0.25, -0.2) is 8.42 Å². The number of aryl methyl sites for hydroxylation is 1. The molecule has 0 saturated carbocycles. The van der Waals surface area contributed by atoms with E-state index in [4.69, 9.17) is 10.7 Å². The van der Waals surface area contributed by atoms with E-state index < -0.39 is 9.05 Å². The Morgan fingerprint density at radius 3 is 3.00 bits per heavy atom. The molecule has 0 radical (unpaired) electrons. The summed E-state index contributed by atoms with van der Waals surface area (Å²) in [5, 5.41) is 9.94. The largest absolute Gasteiger partial charge is 0.300 e. The lowest BCUT2D eigenvalue weighted by molar-refractivity contribution is 0.521. The van der Waals surface area contributed by atoms with Crippen molar-refractivity contribution in [3.05, 3.63) is 27.7 Å². The second-order valence-electron chi connectivity index (χ2n) is 5.17. The number of thiophene rings is 1. The smallest absolute Gasteiger partial charge is 0.296 e. The Kier molecular flexibility index (Phi) is 4.07. The Balaban J connectivity index is 2.10. The summed E-state index contributed by atoms with van der Waals surface area (Å²) in [7, 11) is 1.61. The van der Waals surface area contributed by atoms with Crippen molar-refractivity contribution < 1.29 is 8.42 Å². The molecule has 0 aromatic carbocycles. The highest BCUT2D eigenvalue weighted by atomic mass is 35.7. The van der Waals surface area contributed by atoms with Crippen LogP contribution in [0.3, 0.4) is 0 Å². The van der Waals surface area contributed by atoms with E-state index in [1.807, 2.05) is 6.92 Å². The molecule has 0 aliphatic heterocycles. The number of aromatic nitrogens is 3. The molecule has 2 aromatic rings. The second kappa shape index (κ2) is 5.70. The molecule has 8 heteroatoms. The Labute approximate surface area is 132 Å². The van der Waals surface area contributed by atoms with E-state index in [1.165, 1.54) is 10.4 Å². The van der Waals surface area contributed by atoms with Crippen LogP contribution in [-0.2, 0) is 22.0 Å². The fourth-order valence-electron chi connectivity index (χ4n) is 2.93. The molecule has 0 bridgehead atoms. The summed E-state index contributed by atoms with van der Waals surface area (Å²) in [5.74, 6) is 0.835. The van der Waals surface area contributed by atoms with E-state index in [1.54, 1.807) is 15.9 Å². The van der Waals surface area contributed by atoms with Crippen molar-refractivity contribution in [1.82, 2.24) is 14.8 Å². The van der Waals surface area contributed by atoms with E-state index in [9.17, 15) is 8.42 Å². The highest BCUT2D eigenvalue weighted by molar-refractivity contribution is 8.13. The van der Waals surface area contributed by atoms with Crippen molar-refractivity contribution in [2.24, 2.45) is 0 Å². The normalized spacial score (nSPS) is 18.7. The topological polar surface area (TPSA) is 64.8 Å². The van der Waals surface area contributed by atoms with Crippen LogP contribution < -0.4 is 0 Å². The lowest BCUT2D eigenvalue weighted by atomic mass is 9.87. The number of nitrogens with zero attached hydrogens (tertiary/aromatic N) is 3. The van der Waals surface area contributed by atoms with E-state index in [-0.39, 0.29) is 11.1 Å². The van der Waals surface area contributed by atoms with Gasteiger partial charge in [0.05, 0.1) is 0 Å². The van der Waals surface area contributed by atoms with Gasteiger partial charge >= 0.3 is 0 Å². The third kappa shape index (κ3) is 2.74. The lowest BCUT2D eigenvalue weighted by Gasteiger charge is -2.22. The lowest BCUT2D eigenvalue weighted by Crippen LogP contribution is -2.16. The van der Waals surface area contributed by atoms with Crippen molar-refractivity contribution in [3.63, 3.8) is 0 Å². The van der Waals surface area contributed by atoms with Gasteiger partial charge in [0.2, 0.25) is 0 Å². The summed E-state index contributed by atoms with van der Waals surface area (Å²) in [5.41, 5.74) is 1.26. The molecule has 21 heavy (non-hydrogen) atoms. The number of halogens is 1. The molecule has 1 aliphatic rings. The predicted molar refractivity (Wildman–Crippen MR) is 82.5 cm³/mol. The van der Waals surface area contributed by atoms with Gasteiger partial charge in [0, 0.05) is 28.0 Å². The third-order valence-electron chi connectivity index (χ3n) is 3.77. The van der Waals surface area contributed by atoms with Gasteiger partial charge < -0.3 is 4.57 Å². The number of rotatable bonds is 4. The summed E-state index contributed by atoms with van der Waals surface area (Å²) < 4.78 is 25.0. The standard InChI is InChI=1S/C13H16ClN3O2S2/c1-2-7-17-12(15-16-13(17)21(14,18)19)10-4-3-5-11-9(10)6-8-20-11/h6,8,10H,2-5,7H2,1H3. The molecule has 0 spiro atoms. The minimum Gasteiger partial charge on any atom is -0.300 e. The van der Waals surface area contributed by atoms with E-state index in [2.05, 4.69) is 21.6 Å². The minimum absolute atomic E-state index is 0.117. The zero-order valence-corrected chi connectivity index (χ0v) is 14.0. The summed E-state index contributed by atoms with van der Waals surface area (Å²) in [6.07, 6.45) is 3.94. The van der Waals surface area contributed by atoms with Gasteiger partial charge in [-0.2, -0.15) is 0 Å².